The van der Waals surface area contributed by atoms with Gasteiger partial charge in [-0.25, -0.2) is 8.78 Å². The van der Waals surface area contributed by atoms with Crippen LogP contribution in [0.4, 0.5) is 8.78 Å². The first kappa shape index (κ1) is 14.6. The number of benzene rings is 1. The summed E-state index contributed by atoms with van der Waals surface area (Å²) in [7, 11) is 1.85. The summed E-state index contributed by atoms with van der Waals surface area (Å²) in [4.78, 5) is 0. The molecule has 3 N–H and O–H groups in total. The van der Waals surface area contributed by atoms with Crippen molar-refractivity contribution in [3.05, 3.63) is 52.3 Å². The van der Waals surface area contributed by atoms with E-state index in [2.05, 4.69) is 10.5 Å². The molecule has 6 heteroatoms. The molecule has 1 aromatic carbocycles. The van der Waals surface area contributed by atoms with Gasteiger partial charge in [-0.05, 0) is 31.9 Å². The molecule has 1 aromatic heterocycles. The van der Waals surface area contributed by atoms with Crippen LogP contribution in [0.25, 0.3) is 0 Å². The maximum absolute atomic E-state index is 13.9. The zero-order valence-corrected chi connectivity index (χ0v) is 11.7. The molecule has 0 saturated carbocycles. The van der Waals surface area contributed by atoms with Gasteiger partial charge in [0.25, 0.3) is 0 Å². The first-order chi connectivity index (χ1) is 9.45. The lowest BCUT2D eigenvalue weighted by Gasteiger charge is -2.17. The molecule has 0 saturated heterocycles. The number of nitrogens with two attached hydrogens (primary N) is 1. The Kier molecular flexibility index (Phi) is 4.15. The highest BCUT2D eigenvalue weighted by Crippen LogP contribution is 2.25. The van der Waals surface area contributed by atoms with Crippen molar-refractivity contribution in [3.63, 3.8) is 0 Å². The first-order valence-corrected chi connectivity index (χ1v) is 6.34. The van der Waals surface area contributed by atoms with E-state index < -0.39 is 17.7 Å². The van der Waals surface area contributed by atoms with Gasteiger partial charge in [0, 0.05) is 18.3 Å². The number of nitrogens with zero attached hydrogens (tertiary/aromatic N) is 2. The summed E-state index contributed by atoms with van der Waals surface area (Å²) in [6.07, 6.45) is 0.447. The zero-order valence-electron chi connectivity index (χ0n) is 11.7. The van der Waals surface area contributed by atoms with Crippen LogP contribution in [0, 0.1) is 25.5 Å². The molecule has 1 heterocycles. The molecule has 0 aliphatic rings. The molecule has 108 valence electrons. The third-order valence-corrected chi connectivity index (χ3v) is 3.63. The minimum absolute atomic E-state index is 0.218. The second kappa shape index (κ2) is 5.68. The standard InChI is InChI=1S/C14H18F2N4/c1-8-11(9(2)20(3)19-8)7-13(18-17)10-5-4-6-12(15)14(10)16/h4-6,13,18H,7,17H2,1-3H3. The second-order valence-electron chi connectivity index (χ2n) is 4.84. The fourth-order valence-corrected chi connectivity index (χ4v) is 2.37. The van der Waals surface area contributed by atoms with Crippen LogP contribution in [-0.4, -0.2) is 9.78 Å². The zero-order chi connectivity index (χ0) is 14.9. The predicted octanol–water partition coefficient (Wildman–Crippen LogP) is 2.06. The van der Waals surface area contributed by atoms with E-state index in [-0.39, 0.29) is 5.56 Å². The highest BCUT2D eigenvalue weighted by atomic mass is 19.2. The van der Waals surface area contributed by atoms with Crippen molar-refractivity contribution in [3.8, 4) is 0 Å². The van der Waals surface area contributed by atoms with Gasteiger partial charge in [-0.1, -0.05) is 12.1 Å². The molecule has 1 unspecified atom stereocenters. The van der Waals surface area contributed by atoms with Crippen LogP contribution < -0.4 is 11.3 Å². The number of aryl methyl sites for hydroxylation is 2. The van der Waals surface area contributed by atoms with Gasteiger partial charge in [-0.2, -0.15) is 5.10 Å². The molecular formula is C14H18F2N4. The quantitative estimate of drug-likeness (QED) is 0.666. The van der Waals surface area contributed by atoms with Crippen LogP contribution in [-0.2, 0) is 13.5 Å². The molecule has 0 aliphatic heterocycles. The average molecular weight is 280 g/mol. The normalized spacial score (nSPS) is 12.7. The van der Waals surface area contributed by atoms with Crippen molar-refractivity contribution >= 4 is 0 Å². The fraction of sp³-hybridized carbons (Fsp3) is 0.357. The van der Waals surface area contributed by atoms with Gasteiger partial charge < -0.3 is 0 Å². The number of rotatable bonds is 4. The summed E-state index contributed by atoms with van der Waals surface area (Å²) in [5, 5.41) is 4.31. The van der Waals surface area contributed by atoms with E-state index in [0.29, 0.717) is 6.42 Å². The molecule has 0 spiro atoms. The molecule has 0 amide bonds. The van der Waals surface area contributed by atoms with Crippen molar-refractivity contribution < 1.29 is 8.78 Å². The van der Waals surface area contributed by atoms with E-state index in [1.165, 1.54) is 12.1 Å². The van der Waals surface area contributed by atoms with Crippen LogP contribution in [0.5, 0.6) is 0 Å². The second-order valence-corrected chi connectivity index (χ2v) is 4.84. The highest BCUT2D eigenvalue weighted by molar-refractivity contribution is 5.29. The van der Waals surface area contributed by atoms with Crippen LogP contribution in [0.2, 0.25) is 0 Å². The number of hydrazine groups is 1. The Labute approximate surface area is 116 Å². The molecule has 0 radical (unpaired) electrons. The van der Waals surface area contributed by atoms with Gasteiger partial charge in [0.1, 0.15) is 0 Å². The Morgan fingerprint density at radius 3 is 2.60 bits per heavy atom. The lowest BCUT2D eigenvalue weighted by atomic mass is 9.97. The van der Waals surface area contributed by atoms with E-state index >= 15 is 0 Å². The predicted molar refractivity (Wildman–Crippen MR) is 72.8 cm³/mol. The summed E-state index contributed by atoms with van der Waals surface area (Å²) < 4.78 is 28.9. The summed E-state index contributed by atoms with van der Waals surface area (Å²) in [6.45, 7) is 3.82. The molecule has 20 heavy (non-hydrogen) atoms. The maximum Gasteiger partial charge on any atom is 0.163 e. The maximum atomic E-state index is 13.9. The van der Waals surface area contributed by atoms with Crippen LogP contribution in [0.15, 0.2) is 18.2 Å². The molecule has 4 nitrogen and oxygen atoms in total. The van der Waals surface area contributed by atoms with E-state index in [0.717, 1.165) is 23.0 Å². The fourth-order valence-electron chi connectivity index (χ4n) is 2.37. The third-order valence-electron chi connectivity index (χ3n) is 3.63. The minimum Gasteiger partial charge on any atom is -0.272 e. The Bertz CT molecular complexity index is 622. The van der Waals surface area contributed by atoms with Gasteiger partial charge in [0.05, 0.1) is 11.7 Å². The van der Waals surface area contributed by atoms with Crippen LogP contribution in [0.3, 0.4) is 0 Å². The average Bonchev–Trinajstić information content (AvgIpc) is 2.65. The van der Waals surface area contributed by atoms with E-state index in [1.807, 2.05) is 20.9 Å². The first-order valence-electron chi connectivity index (χ1n) is 6.34. The monoisotopic (exact) mass is 280 g/mol. The molecule has 0 fully saturated rings. The Hall–Kier alpha value is -1.79. The van der Waals surface area contributed by atoms with E-state index in [9.17, 15) is 8.78 Å². The Balaban J connectivity index is 2.36. The summed E-state index contributed by atoms with van der Waals surface area (Å²) in [5.74, 6) is 3.77. The van der Waals surface area contributed by atoms with Crippen molar-refractivity contribution in [1.82, 2.24) is 15.2 Å². The summed E-state index contributed by atoms with van der Waals surface area (Å²) in [5.41, 5.74) is 5.61. The van der Waals surface area contributed by atoms with Crippen molar-refractivity contribution in [1.29, 1.82) is 0 Å². The number of hydrogen-bond donors (Lipinski definition) is 2. The van der Waals surface area contributed by atoms with E-state index in [4.69, 9.17) is 5.84 Å². The highest BCUT2D eigenvalue weighted by Gasteiger charge is 2.20. The molecule has 1 atom stereocenters. The number of aromatic nitrogens is 2. The SMILES string of the molecule is Cc1nn(C)c(C)c1CC(NN)c1cccc(F)c1F. The number of halogens is 2. The van der Waals surface area contributed by atoms with Gasteiger partial charge >= 0.3 is 0 Å². The van der Waals surface area contributed by atoms with Gasteiger partial charge in [0.15, 0.2) is 11.6 Å². The Morgan fingerprint density at radius 1 is 1.35 bits per heavy atom. The summed E-state index contributed by atoms with van der Waals surface area (Å²) in [6, 6.07) is 3.59. The Morgan fingerprint density at radius 2 is 2.05 bits per heavy atom. The van der Waals surface area contributed by atoms with Gasteiger partial charge in [-0.15, -0.1) is 0 Å². The van der Waals surface area contributed by atoms with Gasteiger partial charge in [0.2, 0.25) is 0 Å². The van der Waals surface area contributed by atoms with Crippen molar-refractivity contribution in [2.75, 3.05) is 0 Å². The lowest BCUT2D eigenvalue weighted by molar-refractivity contribution is 0.463. The summed E-state index contributed by atoms with van der Waals surface area (Å²) >= 11 is 0. The van der Waals surface area contributed by atoms with Crippen LogP contribution >= 0.6 is 0 Å². The molecule has 2 aromatic rings. The topological polar surface area (TPSA) is 55.9 Å². The smallest absolute Gasteiger partial charge is 0.163 e. The molecular weight excluding hydrogens is 262 g/mol. The number of nitrogens with one attached hydrogen (secondary N) is 1. The number of hydrogen-bond acceptors (Lipinski definition) is 3. The molecule has 2 rings (SSSR count). The lowest BCUT2D eigenvalue weighted by Crippen LogP contribution is -2.30. The van der Waals surface area contributed by atoms with Gasteiger partial charge in [-0.3, -0.25) is 16.0 Å². The van der Waals surface area contributed by atoms with Crippen molar-refractivity contribution in [2.45, 2.75) is 26.3 Å². The largest absolute Gasteiger partial charge is 0.272 e. The van der Waals surface area contributed by atoms with Crippen molar-refractivity contribution in [2.24, 2.45) is 12.9 Å². The minimum atomic E-state index is -0.873. The van der Waals surface area contributed by atoms with Crippen LogP contribution in [0.1, 0.15) is 28.6 Å². The molecule has 0 bridgehead atoms. The third kappa shape index (κ3) is 2.57. The van der Waals surface area contributed by atoms with E-state index in [1.54, 1.807) is 4.68 Å². The molecule has 0 aliphatic carbocycles.